The lowest BCUT2D eigenvalue weighted by Crippen LogP contribution is -2.34. The average Bonchev–Trinajstić information content (AvgIpc) is 2.64. The quantitative estimate of drug-likeness (QED) is 0.800. The molecule has 0 fully saturated rings. The maximum Gasteiger partial charge on any atom is 0.216 e. The van der Waals surface area contributed by atoms with Gasteiger partial charge in [0.05, 0.1) is 24.4 Å². The highest BCUT2D eigenvalue weighted by atomic mass is 16.5. The second-order valence-corrected chi connectivity index (χ2v) is 4.51. The number of aryl methyl sites for hydroxylation is 2. The lowest BCUT2D eigenvalue weighted by atomic mass is 10.1. The molecule has 0 aromatic carbocycles. The van der Waals surface area contributed by atoms with E-state index in [1.165, 1.54) is 0 Å². The molecule has 2 N–H and O–H groups in total. The predicted octanol–water partition coefficient (Wildman–Crippen LogP) is 1.47. The molecule has 1 heterocycles. The lowest BCUT2D eigenvalue weighted by molar-refractivity contribution is 0.207. The van der Waals surface area contributed by atoms with Gasteiger partial charge in [0.15, 0.2) is 0 Å². The van der Waals surface area contributed by atoms with Gasteiger partial charge in [-0.3, -0.25) is 4.90 Å². The minimum Gasteiger partial charge on any atom is -0.481 e. The summed E-state index contributed by atoms with van der Waals surface area (Å²) < 4.78 is 7.26. The fourth-order valence-corrected chi connectivity index (χ4v) is 2.55. The van der Waals surface area contributed by atoms with Gasteiger partial charge in [-0.15, -0.1) is 0 Å². The van der Waals surface area contributed by atoms with Crippen molar-refractivity contribution in [1.82, 2.24) is 14.7 Å². The van der Waals surface area contributed by atoms with Crippen LogP contribution in [0, 0.1) is 6.92 Å². The second kappa shape index (κ2) is 6.75. The van der Waals surface area contributed by atoms with Gasteiger partial charge in [-0.1, -0.05) is 13.8 Å². The van der Waals surface area contributed by atoms with Crippen molar-refractivity contribution < 1.29 is 4.74 Å². The molecule has 0 aliphatic heterocycles. The highest BCUT2D eigenvalue weighted by Crippen LogP contribution is 2.31. The van der Waals surface area contributed by atoms with Crippen LogP contribution in [0.2, 0.25) is 0 Å². The second-order valence-electron chi connectivity index (χ2n) is 4.51. The average molecular weight is 254 g/mol. The normalized spacial score (nSPS) is 13.1. The largest absolute Gasteiger partial charge is 0.481 e. The Balaban J connectivity index is 3.14. The molecule has 0 aliphatic carbocycles. The van der Waals surface area contributed by atoms with Crippen LogP contribution in [0.5, 0.6) is 5.88 Å². The van der Waals surface area contributed by atoms with Gasteiger partial charge in [0, 0.05) is 13.6 Å². The number of rotatable bonds is 7. The molecule has 0 amide bonds. The van der Waals surface area contributed by atoms with Crippen molar-refractivity contribution in [1.29, 1.82) is 0 Å². The van der Waals surface area contributed by atoms with Crippen molar-refractivity contribution in [2.45, 2.75) is 33.2 Å². The fraction of sp³-hybridized carbons (Fsp3) is 0.769. The molecule has 1 atom stereocenters. The van der Waals surface area contributed by atoms with Gasteiger partial charge >= 0.3 is 0 Å². The summed E-state index contributed by atoms with van der Waals surface area (Å²) in [4.78, 5) is 2.38. The molecule has 1 aromatic heterocycles. The molecule has 0 spiro atoms. The van der Waals surface area contributed by atoms with Crippen molar-refractivity contribution in [2.24, 2.45) is 12.8 Å². The number of likely N-dealkylation sites (N-methyl/N-ethyl adjacent to an activating group) is 1. The molecular formula is C13H26N4O. The van der Waals surface area contributed by atoms with Crippen LogP contribution in [0.3, 0.4) is 0 Å². The van der Waals surface area contributed by atoms with Crippen LogP contribution < -0.4 is 10.5 Å². The SMILES string of the molecule is CCCN(CC)C(CN)c1c(C)nn(C)c1OC. The molecule has 0 saturated carbocycles. The van der Waals surface area contributed by atoms with E-state index < -0.39 is 0 Å². The van der Waals surface area contributed by atoms with Crippen LogP contribution in [0.15, 0.2) is 0 Å². The number of nitrogens with zero attached hydrogens (tertiary/aromatic N) is 3. The first-order chi connectivity index (χ1) is 8.60. The molecule has 1 rings (SSSR count). The molecular weight excluding hydrogens is 228 g/mol. The summed E-state index contributed by atoms with van der Waals surface area (Å²) in [5, 5.41) is 4.44. The van der Waals surface area contributed by atoms with E-state index in [0.717, 1.165) is 36.6 Å². The monoisotopic (exact) mass is 254 g/mol. The summed E-state index contributed by atoms with van der Waals surface area (Å²) in [5.41, 5.74) is 8.10. The van der Waals surface area contributed by atoms with E-state index >= 15 is 0 Å². The predicted molar refractivity (Wildman–Crippen MR) is 73.8 cm³/mol. The molecule has 104 valence electrons. The molecule has 0 radical (unpaired) electrons. The summed E-state index contributed by atoms with van der Waals surface area (Å²) in [5.74, 6) is 0.817. The molecule has 0 bridgehead atoms. The van der Waals surface area contributed by atoms with Crippen molar-refractivity contribution in [3.63, 3.8) is 0 Å². The zero-order chi connectivity index (χ0) is 13.7. The summed E-state index contributed by atoms with van der Waals surface area (Å²) in [6, 6.07) is 0.179. The minimum atomic E-state index is 0.179. The smallest absolute Gasteiger partial charge is 0.216 e. The maximum atomic E-state index is 5.98. The molecule has 1 aromatic rings. The standard InChI is InChI=1S/C13H26N4O/c1-6-8-17(7-2)11(9-14)12-10(3)15-16(4)13(12)18-5/h11H,6-9,14H2,1-5H3. The van der Waals surface area contributed by atoms with Gasteiger partial charge < -0.3 is 10.5 Å². The molecule has 0 aliphatic rings. The van der Waals surface area contributed by atoms with E-state index in [0.29, 0.717) is 6.54 Å². The van der Waals surface area contributed by atoms with Crippen LogP contribution in [0.4, 0.5) is 0 Å². The number of methoxy groups -OCH3 is 1. The van der Waals surface area contributed by atoms with E-state index in [2.05, 4.69) is 23.8 Å². The third kappa shape index (κ3) is 2.84. The summed E-state index contributed by atoms with van der Waals surface area (Å²) in [7, 11) is 3.59. The fourth-order valence-electron chi connectivity index (χ4n) is 2.55. The Morgan fingerprint density at radius 1 is 1.44 bits per heavy atom. The number of aromatic nitrogens is 2. The first kappa shape index (κ1) is 15.0. The van der Waals surface area contributed by atoms with Gasteiger partial charge in [-0.25, -0.2) is 4.68 Å². The summed E-state index contributed by atoms with van der Waals surface area (Å²) in [6.07, 6.45) is 1.12. The maximum absolute atomic E-state index is 5.98. The van der Waals surface area contributed by atoms with E-state index in [1.54, 1.807) is 11.8 Å². The highest BCUT2D eigenvalue weighted by molar-refractivity contribution is 5.34. The zero-order valence-corrected chi connectivity index (χ0v) is 12.2. The molecule has 5 heteroatoms. The Kier molecular flexibility index (Phi) is 5.62. The van der Waals surface area contributed by atoms with Crippen molar-refractivity contribution in [3.8, 4) is 5.88 Å². The van der Waals surface area contributed by atoms with Gasteiger partial charge in [-0.05, 0) is 26.4 Å². The van der Waals surface area contributed by atoms with Crippen LogP contribution in [0.1, 0.15) is 37.6 Å². The first-order valence-corrected chi connectivity index (χ1v) is 6.62. The van der Waals surface area contributed by atoms with Crippen LogP contribution in [-0.4, -0.2) is 41.4 Å². The molecule has 0 saturated heterocycles. The Bertz CT molecular complexity index is 375. The van der Waals surface area contributed by atoms with Gasteiger partial charge in [0.25, 0.3) is 0 Å². The van der Waals surface area contributed by atoms with E-state index in [4.69, 9.17) is 10.5 Å². The Morgan fingerprint density at radius 2 is 2.11 bits per heavy atom. The van der Waals surface area contributed by atoms with E-state index in [9.17, 15) is 0 Å². The molecule has 5 nitrogen and oxygen atoms in total. The third-order valence-corrected chi connectivity index (χ3v) is 3.32. The van der Waals surface area contributed by atoms with E-state index in [-0.39, 0.29) is 6.04 Å². The number of hydrogen-bond acceptors (Lipinski definition) is 4. The van der Waals surface area contributed by atoms with Gasteiger partial charge in [-0.2, -0.15) is 5.10 Å². The Hall–Kier alpha value is -1.07. The molecule has 18 heavy (non-hydrogen) atoms. The highest BCUT2D eigenvalue weighted by Gasteiger charge is 2.26. The lowest BCUT2D eigenvalue weighted by Gasteiger charge is -2.29. The Labute approximate surface area is 110 Å². The van der Waals surface area contributed by atoms with E-state index in [1.807, 2.05) is 14.0 Å². The first-order valence-electron chi connectivity index (χ1n) is 6.62. The van der Waals surface area contributed by atoms with Gasteiger partial charge in [0.2, 0.25) is 5.88 Å². The Morgan fingerprint density at radius 3 is 2.56 bits per heavy atom. The summed E-state index contributed by atoms with van der Waals surface area (Å²) in [6.45, 7) is 8.96. The van der Waals surface area contributed by atoms with Crippen LogP contribution >= 0.6 is 0 Å². The number of nitrogens with two attached hydrogens (primary N) is 1. The zero-order valence-electron chi connectivity index (χ0n) is 12.2. The number of hydrogen-bond donors (Lipinski definition) is 1. The molecule has 1 unspecified atom stereocenters. The van der Waals surface area contributed by atoms with Crippen molar-refractivity contribution in [3.05, 3.63) is 11.3 Å². The van der Waals surface area contributed by atoms with Crippen molar-refractivity contribution in [2.75, 3.05) is 26.7 Å². The van der Waals surface area contributed by atoms with Gasteiger partial charge in [0.1, 0.15) is 0 Å². The van der Waals surface area contributed by atoms with Crippen LogP contribution in [-0.2, 0) is 7.05 Å². The van der Waals surface area contributed by atoms with Crippen LogP contribution in [0.25, 0.3) is 0 Å². The third-order valence-electron chi connectivity index (χ3n) is 3.32. The summed E-state index contributed by atoms with van der Waals surface area (Å²) >= 11 is 0. The topological polar surface area (TPSA) is 56.3 Å². The minimum absolute atomic E-state index is 0.179. The number of ether oxygens (including phenoxy) is 1. The van der Waals surface area contributed by atoms with Crippen molar-refractivity contribution >= 4 is 0 Å².